The standard InChI is InChI=1S/C11H15NO3/c1-2-8-15-10(13)6-7-12-11(14)9-4-3-5-9/h1,9H,3-8H2,(H,12,14). The third-order valence-electron chi connectivity index (χ3n) is 2.42. The van der Waals surface area contributed by atoms with Gasteiger partial charge in [-0.1, -0.05) is 12.3 Å². The van der Waals surface area contributed by atoms with E-state index < -0.39 is 0 Å². The van der Waals surface area contributed by atoms with E-state index in [2.05, 4.69) is 16.0 Å². The van der Waals surface area contributed by atoms with Gasteiger partial charge in [0.25, 0.3) is 0 Å². The number of hydrogen-bond donors (Lipinski definition) is 1. The van der Waals surface area contributed by atoms with E-state index in [4.69, 9.17) is 6.42 Å². The van der Waals surface area contributed by atoms with Crippen molar-refractivity contribution >= 4 is 11.9 Å². The molecule has 0 radical (unpaired) electrons. The van der Waals surface area contributed by atoms with Gasteiger partial charge in [-0.2, -0.15) is 0 Å². The van der Waals surface area contributed by atoms with Crippen molar-refractivity contribution in [1.29, 1.82) is 0 Å². The Morgan fingerprint density at radius 3 is 2.73 bits per heavy atom. The Bertz CT molecular complexity index is 276. The van der Waals surface area contributed by atoms with Crippen molar-refractivity contribution in [1.82, 2.24) is 5.32 Å². The maximum absolute atomic E-state index is 11.3. The first-order valence-corrected chi connectivity index (χ1v) is 5.11. The van der Waals surface area contributed by atoms with E-state index in [1.807, 2.05) is 0 Å². The molecule has 0 aromatic carbocycles. The Morgan fingerprint density at radius 1 is 1.47 bits per heavy atom. The van der Waals surface area contributed by atoms with Gasteiger partial charge in [-0.3, -0.25) is 9.59 Å². The van der Waals surface area contributed by atoms with Gasteiger partial charge in [0.1, 0.15) is 0 Å². The third kappa shape index (κ3) is 4.03. The van der Waals surface area contributed by atoms with Crippen molar-refractivity contribution in [3.8, 4) is 12.3 Å². The lowest BCUT2D eigenvalue weighted by molar-refractivity contribution is -0.142. The fourth-order valence-electron chi connectivity index (χ4n) is 1.30. The number of nitrogens with one attached hydrogen (secondary N) is 1. The summed E-state index contributed by atoms with van der Waals surface area (Å²) >= 11 is 0. The average Bonchev–Trinajstić information content (AvgIpc) is 2.12. The lowest BCUT2D eigenvalue weighted by Crippen LogP contribution is -2.35. The van der Waals surface area contributed by atoms with Gasteiger partial charge in [0.2, 0.25) is 5.91 Å². The molecule has 0 aliphatic heterocycles. The van der Waals surface area contributed by atoms with E-state index in [9.17, 15) is 9.59 Å². The van der Waals surface area contributed by atoms with Gasteiger partial charge in [0.15, 0.2) is 6.61 Å². The molecule has 1 amide bonds. The van der Waals surface area contributed by atoms with Gasteiger partial charge in [-0.15, -0.1) is 6.42 Å². The highest BCUT2D eigenvalue weighted by molar-refractivity contribution is 5.80. The molecule has 1 aliphatic carbocycles. The Kier molecular flexibility index (Phi) is 4.69. The van der Waals surface area contributed by atoms with Crippen molar-refractivity contribution in [2.75, 3.05) is 13.2 Å². The number of esters is 1. The van der Waals surface area contributed by atoms with Crippen molar-refractivity contribution < 1.29 is 14.3 Å². The largest absolute Gasteiger partial charge is 0.452 e. The van der Waals surface area contributed by atoms with E-state index in [1.165, 1.54) is 0 Å². The summed E-state index contributed by atoms with van der Waals surface area (Å²) in [5.41, 5.74) is 0. The minimum atomic E-state index is -0.373. The topological polar surface area (TPSA) is 55.4 Å². The number of rotatable bonds is 5. The summed E-state index contributed by atoms with van der Waals surface area (Å²) in [5.74, 6) is 2.04. The molecule has 4 heteroatoms. The van der Waals surface area contributed by atoms with Crippen LogP contribution in [-0.4, -0.2) is 25.0 Å². The van der Waals surface area contributed by atoms with Gasteiger partial charge in [0.05, 0.1) is 6.42 Å². The van der Waals surface area contributed by atoms with Gasteiger partial charge in [-0.25, -0.2) is 0 Å². The van der Waals surface area contributed by atoms with Gasteiger partial charge >= 0.3 is 5.97 Å². The second kappa shape index (κ2) is 6.07. The first kappa shape index (κ1) is 11.6. The third-order valence-corrected chi connectivity index (χ3v) is 2.42. The monoisotopic (exact) mass is 209 g/mol. The first-order chi connectivity index (χ1) is 7.24. The predicted octanol–water partition coefficient (Wildman–Crippen LogP) is 0.469. The Hall–Kier alpha value is -1.50. The number of terminal acetylenes is 1. The molecule has 4 nitrogen and oxygen atoms in total. The number of amides is 1. The number of ether oxygens (including phenoxy) is 1. The van der Waals surface area contributed by atoms with E-state index in [0.717, 1.165) is 19.3 Å². The highest BCUT2D eigenvalue weighted by Crippen LogP contribution is 2.25. The number of carbonyl (C=O) groups is 2. The molecule has 0 atom stereocenters. The van der Waals surface area contributed by atoms with Crippen LogP contribution in [0.1, 0.15) is 25.7 Å². The molecule has 0 spiro atoms. The van der Waals surface area contributed by atoms with Crippen molar-refractivity contribution in [3.05, 3.63) is 0 Å². The summed E-state index contributed by atoms with van der Waals surface area (Å²) in [4.78, 5) is 22.3. The van der Waals surface area contributed by atoms with Crippen LogP contribution in [0.15, 0.2) is 0 Å². The molecule has 1 saturated carbocycles. The SMILES string of the molecule is C#CCOC(=O)CCNC(=O)C1CCC1. The summed E-state index contributed by atoms with van der Waals surface area (Å²) < 4.78 is 4.65. The minimum Gasteiger partial charge on any atom is -0.452 e. The van der Waals surface area contributed by atoms with Crippen LogP contribution in [0, 0.1) is 18.3 Å². The summed E-state index contributed by atoms with van der Waals surface area (Å²) in [5, 5.41) is 2.70. The molecule has 0 aromatic rings. The average molecular weight is 209 g/mol. The normalized spacial score (nSPS) is 14.9. The van der Waals surface area contributed by atoms with E-state index in [-0.39, 0.29) is 30.8 Å². The highest BCUT2D eigenvalue weighted by Gasteiger charge is 2.24. The van der Waals surface area contributed by atoms with E-state index in [0.29, 0.717) is 6.54 Å². The van der Waals surface area contributed by atoms with Crippen molar-refractivity contribution in [3.63, 3.8) is 0 Å². The Balaban J connectivity index is 2.02. The van der Waals surface area contributed by atoms with Crippen LogP contribution in [0.4, 0.5) is 0 Å². The molecule has 0 heterocycles. The molecule has 0 aromatic heterocycles. The van der Waals surface area contributed by atoms with Crippen LogP contribution in [-0.2, 0) is 14.3 Å². The Labute approximate surface area is 89.4 Å². The molecule has 1 rings (SSSR count). The van der Waals surface area contributed by atoms with Crippen LogP contribution in [0.25, 0.3) is 0 Å². The second-order valence-electron chi connectivity index (χ2n) is 3.53. The number of carbonyl (C=O) groups excluding carboxylic acids is 2. The minimum absolute atomic E-state index is 0.00456. The fraction of sp³-hybridized carbons (Fsp3) is 0.636. The van der Waals surface area contributed by atoms with Crippen LogP contribution in [0.2, 0.25) is 0 Å². The fourth-order valence-corrected chi connectivity index (χ4v) is 1.30. The molecule has 1 N–H and O–H groups in total. The van der Waals surface area contributed by atoms with Gasteiger partial charge in [0, 0.05) is 12.5 Å². The second-order valence-corrected chi connectivity index (χ2v) is 3.53. The molecular weight excluding hydrogens is 194 g/mol. The quantitative estimate of drug-likeness (QED) is 0.529. The summed E-state index contributed by atoms with van der Waals surface area (Å²) in [7, 11) is 0. The van der Waals surface area contributed by atoms with E-state index in [1.54, 1.807) is 0 Å². The maximum Gasteiger partial charge on any atom is 0.308 e. The molecule has 15 heavy (non-hydrogen) atoms. The van der Waals surface area contributed by atoms with Crippen molar-refractivity contribution in [2.45, 2.75) is 25.7 Å². The molecule has 1 fully saturated rings. The highest BCUT2D eigenvalue weighted by atomic mass is 16.5. The lowest BCUT2D eigenvalue weighted by Gasteiger charge is -2.23. The van der Waals surface area contributed by atoms with Gasteiger partial charge < -0.3 is 10.1 Å². The van der Waals surface area contributed by atoms with Crippen LogP contribution in [0.3, 0.4) is 0 Å². The van der Waals surface area contributed by atoms with Crippen LogP contribution >= 0.6 is 0 Å². The molecule has 82 valence electrons. The van der Waals surface area contributed by atoms with Crippen LogP contribution in [0.5, 0.6) is 0 Å². The summed E-state index contributed by atoms with van der Waals surface area (Å²) in [6, 6.07) is 0. The molecule has 0 bridgehead atoms. The zero-order chi connectivity index (χ0) is 11.1. The molecular formula is C11H15NO3. The zero-order valence-corrected chi connectivity index (χ0v) is 8.62. The predicted molar refractivity (Wildman–Crippen MR) is 54.8 cm³/mol. The van der Waals surface area contributed by atoms with Crippen molar-refractivity contribution in [2.24, 2.45) is 5.92 Å². The Morgan fingerprint density at radius 2 is 2.20 bits per heavy atom. The van der Waals surface area contributed by atoms with Gasteiger partial charge in [-0.05, 0) is 12.8 Å². The lowest BCUT2D eigenvalue weighted by atomic mass is 9.85. The van der Waals surface area contributed by atoms with Crippen LogP contribution < -0.4 is 5.32 Å². The summed E-state index contributed by atoms with van der Waals surface area (Å²) in [6.45, 7) is 0.328. The zero-order valence-electron chi connectivity index (χ0n) is 8.62. The smallest absolute Gasteiger partial charge is 0.308 e. The maximum atomic E-state index is 11.3. The molecule has 1 aliphatic rings. The van der Waals surface area contributed by atoms with E-state index >= 15 is 0 Å². The first-order valence-electron chi connectivity index (χ1n) is 5.11. The molecule has 0 unspecified atom stereocenters. The number of hydrogen-bond acceptors (Lipinski definition) is 3. The summed E-state index contributed by atoms with van der Waals surface area (Å²) in [6.07, 6.45) is 8.16. The molecule has 0 saturated heterocycles.